The Hall–Kier alpha value is -0.520. The maximum atomic E-state index is 5.54. The molecule has 0 fully saturated rings. The average Bonchev–Trinajstić information content (AvgIpc) is 2.60. The molecule has 0 saturated heterocycles. The van der Waals surface area contributed by atoms with Crippen molar-refractivity contribution in [2.24, 2.45) is 11.8 Å². The van der Waals surface area contributed by atoms with E-state index in [0.29, 0.717) is 5.92 Å². The van der Waals surface area contributed by atoms with Crippen molar-refractivity contribution in [3.63, 3.8) is 0 Å². The standard InChI is InChI=1S/C9H18N4S/c1-4-6(2)5-8(11-10)9-7(3)12-13-14-9/h6,8,11H,4-5,10H2,1-3H3. The number of nitrogens with one attached hydrogen (secondary N) is 1. The topological polar surface area (TPSA) is 63.8 Å². The van der Waals surface area contributed by atoms with Crippen LogP contribution in [0.15, 0.2) is 0 Å². The van der Waals surface area contributed by atoms with E-state index < -0.39 is 0 Å². The van der Waals surface area contributed by atoms with Crippen LogP contribution >= 0.6 is 11.5 Å². The molecule has 4 nitrogen and oxygen atoms in total. The first-order chi connectivity index (χ1) is 6.69. The highest BCUT2D eigenvalue weighted by Gasteiger charge is 2.17. The van der Waals surface area contributed by atoms with E-state index in [9.17, 15) is 0 Å². The molecule has 0 aliphatic carbocycles. The third-order valence-corrected chi connectivity index (χ3v) is 3.48. The summed E-state index contributed by atoms with van der Waals surface area (Å²) >= 11 is 1.43. The fourth-order valence-electron chi connectivity index (χ4n) is 1.38. The van der Waals surface area contributed by atoms with Gasteiger partial charge in [-0.1, -0.05) is 24.8 Å². The third kappa shape index (κ3) is 2.73. The van der Waals surface area contributed by atoms with Crippen molar-refractivity contribution >= 4 is 11.5 Å². The lowest BCUT2D eigenvalue weighted by molar-refractivity contribution is 0.410. The zero-order valence-electron chi connectivity index (χ0n) is 8.95. The Kier molecular flexibility index (Phi) is 4.44. The zero-order valence-corrected chi connectivity index (χ0v) is 9.77. The first-order valence-corrected chi connectivity index (χ1v) is 5.71. The molecule has 1 aromatic heterocycles. The maximum absolute atomic E-state index is 5.54. The van der Waals surface area contributed by atoms with Crippen molar-refractivity contribution in [1.82, 2.24) is 15.0 Å². The average molecular weight is 214 g/mol. The minimum atomic E-state index is 0.199. The monoisotopic (exact) mass is 214 g/mol. The summed E-state index contributed by atoms with van der Waals surface area (Å²) in [7, 11) is 0. The highest BCUT2D eigenvalue weighted by Crippen LogP contribution is 2.26. The zero-order chi connectivity index (χ0) is 10.6. The Morgan fingerprint density at radius 2 is 2.29 bits per heavy atom. The summed E-state index contributed by atoms with van der Waals surface area (Å²) in [4.78, 5) is 1.16. The molecule has 2 atom stereocenters. The summed E-state index contributed by atoms with van der Waals surface area (Å²) in [6.45, 7) is 6.39. The van der Waals surface area contributed by atoms with E-state index in [-0.39, 0.29) is 6.04 Å². The number of aryl methyl sites for hydroxylation is 1. The molecule has 0 aliphatic heterocycles. The van der Waals surface area contributed by atoms with E-state index in [2.05, 4.69) is 28.9 Å². The Balaban J connectivity index is 2.67. The molecule has 80 valence electrons. The number of hydrogen-bond donors (Lipinski definition) is 2. The molecule has 2 unspecified atom stereocenters. The molecule has 1 aromatic rings. The second kappa shape index (κ2) is 5.38. The summed E-state index contributed by atoms with van der Waals surface area (Å²) in [6, 6.07) is 0.199. The molecule has 5 heteroatoms. The van der Waals surface area contributed by atoms with Gasteiger partial charge in [0, 0.05) is 0 Å². The van der Waals surface area contributed by atoms with Gasteiger partial charge in [-0.25, -0.2) is 0 Å². The van der Waals surface area contributed by atoms with Crippen molar-refractivity contribution in [2.45, 2.75) is 39.7 Å². The van der Waals surface area contributed by atoms with Gasteiger partial charge in [0.1, 0.15) is 0 Å². The normalized spacial score (nSPS) is 15.4. The van der Waals surface area contributed by atoms with Gasteiger partial charge in [0.15, 0.2) is 0 Å². The van der Waals surface area contributed by atoms with Crippen molar-refractivity contribution in [3.8, 4) is 0 Å². The van der Waals surface area contributed by atoms with E-state index in [4.69, 9.17) is 5.84 Å². The molecule has 0 amide bonds. The van der Waals surface area contributed by atoms with Crippen LogP contribution in [0.5, 0.6) is 0 Å². The molecule has 1 rings (SSSR count). The number of aromatic nitrogens is 2. The number of rotatable bonds is 5. The van der Waals surface area contributed by atoms with Crippen LogP contribution in [0.3, 0.4) is 0 Å². The number of nitrogens with two attached hydrogens (primary N) is 1. The van der Waals surface area contributed by atoms with E-state index in [1.54, 1.807) is 0 Å². The highest BCUT2D eigenvalue weighted by atomic mass is 32.1. The predicted octanol–water partition coefficient (Wildman–Crippen LogP) is 1.79. The van der Waals surface area contributed by atoms with Crippen LogP contribution in [0, 0.1) is 12.8 Å². The lowest BCUT2D eigenvalue weighted by atomic mass is 9.98. The Labute approximate surface area is 89.0 Å². The van der Waals surface area contributed by atoms with Crippen LogP contribution in [0.2, 0.25) is 0 Å². The number of hydrogen-bond acceptors (Lipinski definition) is 5. The van der Waals surface area contributed by atoms with E-state index in [0.717, 1.165) is 17.0 Å². The summed E-state index contributed by atoms with van der Waals surface area (Å²) in [5.74, 6) is 6.20. The van der Waals surface area contributed by atoms with Crippen molar-refractivity contribution in [1.29, 1.82) is 0 Å². The second-order valence-corrected chi connectivity index (χ2v) is 4.48. The molecular formula is C9H18N4S. The molecule has 0 aliphatic rings. The van der Waals surface area contributed by atoms with Crippen molar-refractivity contribution < 1.29 is 0 Å². The lowest BCUT2D eigenvalue weighted by Crippen LogP contribution is -2.29. The highest BCUT2D eigenvalue weighted by molar-refractivity contribution is 7.05. The Morgan fingerprint density at radius 1 is 1.57 bits per heavy atom. The Bertz CT molecular complexity index is 274. The molecule has 0 bridgehead atoms. The van der Waals surface area contributed by atoms with Gasteiger partial charge in [0.25, 0.3) is 0 Å². The van der Waals surface area contributed by atoms with Crippen LogP contribution in [0.4, 0.5) is 0 Å². The van der Waals surface area contributed by atoms with Gasteiger partial charge in [-0.15, -0.1) is 5.10 Å². The van der Waals surface area contributed by atoms with Crippen molar-refractivity contribution in [2.75, 3.05) is 0 Å². The van der Waals surface area contributed by atoms with Gasteiger partial charge in [-0.3, -0.25) is 11.3 Å². The van der Waals surface area contributed by atoms with E-state index in [1.165, 1.54) is 18.0 Å². The SMILES string of the molecule is CCC(C)CC(NN)c1snnc1C. The lowest BCUT2D eigenvalue weighted by Gasteiger charge is -2.17. The fraction of sp³-hybridized carbons (Fsp3) is 0.778. The smallest absolute Gasteiger partial charge is 0.0773 e. The summed E-state index contributed by atoms with van der Waals surface area (Å²) in [5.41, 5.74) is 3.83. The van der Waals surface area contributed by atoms with Gasteiger partial charge < -0.3 is 0 Å². The molecule has 0 aromatic carbocycles. The predicted molar refractivity (Wildman–Crippen MR) is 58.8 cm³/mol. The van der Waals surface area contributed by atoms with Crippen molar-refractivity contribution in [3.05, 3.63) is 10.6 Å². The van der Waals surface area contributed by atoms with Crippen LogP contribution < -0.4 is 11.3 Å². The number of hydrazine groups is 1. The van der Waals surface area contributed by atoms with E-state index in [1.807, 2.05) is 6.92 Å². The second-order valence-electron chi connectivity index (χ2n) is 3.69. The molecule has 3 N–H and O–H groups in total. The minimum absolute atomic E-state index is 0.199. The van der Waals surface area contributed by atoms with Crippen LogP contribution in [0.1, 0.15) is 43.3 Å². The molecule has 14 heavy (non-hydrogen) atoms. The maximum Gasteiger partial charge on any atom is 0.0773 e. The van der Waals surface area contributed by atoms with Crippen LogP contribution in [-0.2, 0) is 0 Å². The van der Waals surface area contributed by atoms with Gasteiger partial charge in [0.05, 0.1) is 16.6 Å². The summed E-state index contributed by atoms with van der Waals surface area (Å²) < 4.78 is 3.92. The summed E-state index contributed by atoms with van der Waals surface area (Å²) in [6.07, 6.45) is 2.21. The molecule has 0 spiro atoms. The molecule has 0 saturated carbocycles. The third-order valence-electron chi connectivity index (χ3n) is 2.54. The first kappa shape index (κ1) is 11.6. The van der Waals surface area contributed by atoms with Gasteiger partial charge in [-0.05, 0) is 30.8 Å². The quantitative estimate of drug-likeness (QED) is 0.579. The minimum Gasteiger partial charge on any atom is -0.271 e. The van der Waals surface area contributed by atoms with Crippen LogP contribution in [-0.4, -0.2) is 9.59 Å². The van der Waals surface area contributed by atoms with Gasteiger partial charge in [0.2, 0.25) is 0 Å². The fourth-order valence-corrected chi connectivity index (χ4v) is 2.09. The first-order valence-electron chi connectivity index (χ1n) is 4.94. The molecular weight excluding hydrogens is 196 g/mol. The van der Waals surface area contributed by atoms with Crippen LogP contribution in [0.25, 0.3) is 0 Å². The molecule has 1 heterocycles. The van der Waals surface area contributed by atoms with Gasteiger partial charge >= 0.3 is 0 Å². The Morgan fingerprint density at radius 3 is 2.71 bits per heavy atom. The van der Waals surface area contributed by atoms with E-state index >= 15 is 0 Å². The summed E-state index contributed by atoms with van der Waals surface area (Å²) in [5, 5.41) is 3.99. The van der Waals surface area contributed by atoms with Gasteiger partial charge in [-0.2, -0.15) is 0 Å². The number of nitrogens with zero attached hydrogens (tertiary/aromatic N) is 2. The largest absolute Gasteiger partial charge is 0.271 e. The molecule has 0 radical (unpaired) electrons.